The molecular formula is C24H23N3O4. The second-order valence-corrected chi connectivity index (χ2v) is 7.82. The number of aliphatic hydroxyl groups is 1. The highest BCUT2D eigenvalue weighted by Gasteiger charge is 2.30. The van der Waals surface area contributed by atoms with Crippen molar-refractivity contribution < 1.29 is 19.1 Å². The first-order chi connectivity index (χ1) is 14.7. The Kier molecular flexibility index (Phi) is 5.20. The van der Waals surface area contributed by atoms with E-state index >= 15 is 0 Å². The maximum atomic E-state index is 12.6. The van der Waals surface area contributed by atoms with Crippen molar-refractivity contribution >= 4 is 40.8 Å². The monoisotopic (exact) mass is 417 g/mol. The second kappa shape index (κ2) is 7.85. The number of likely N-dealkylation sites (N-methyl/N-ethyl adjacent to an activating group) is 1. The molecule has 2 amide bonds. The topological polar surface area (TPSA) is 95.7 Å². The molecule has 1 aromatic carbocycles. The van der Waals surface area contributed by atoms with Crippen LogP contribution in [0.4, 0.5) is 5.82 Å². The lowest BCUT2D eigenvalue weighted by molar-refractivity contribution is -0.128. The van der Waals surface area contributed by atoms with E-state index in [4.69, 9.17) is 4.42 Å². The molecule has 7 heteroatoms. The van der Waals surface area contributed by atoms with Crippen LogP contribution in [0.5, 0.6) is 0 Å². The Balaban J connectivity index is 1.48. The number of rotatable bonds is 4. The fourth-order valence-corrected chi connectivity index (χ4v) is 3.35. The second-order valence-electron chi connectivity index (χ2n) is 7.82. The van der Waals surface area contributed by atoms with Gasteiger partial charge in [0.05, 0.1) is 6.54 Å². The van der Waals surface area contributed by atoms with Crippen LogP contribution in [0.1, 0.15) is 29.4 Å². The number of fused-ring (bicyclic) bond motifs is 2. The van der Waals surface area contributed by atoms with Gasteiger partial charge >= 0.3 is 0 Å². The summed E-state index contributed by atoms with van der Waals surface area (Å²) in [6.45, 7) is 3.75. The number of aryl methyl sites for hydroxylation is 1. The number of carbonyl (C=O) groups is 2. The predicted molar refractivity (Wildman–Crippen MR) is 119 cm³/mol. The lowest BCUT2D eigenvalue weighted by atomic mass is 10.1. The van der Waals surface area contributed by atoms with Gasteiger partial charge in [-0.1, -0.05) is 24.3 Å². The van der Waals surface area contributed by atoms with Crippen molar-refractivity contribution in [3.8, 4) is 0 Å². The summed E-state index contributed by atoms with van der Waals surface area (Å²) in [5, 5.41) is 13.7. The molecule has 0 aliphatic carbocycles. The molecule has 3 heterocycles. The van der Waals surface area contributed by atoms with Crippen molar-refractivity contribution in [1.29, 1.82) is 0 Å². The maximum Gasteiger partial charge on any atom is 0.261 e. The van der Waals surface area contributed by atoms with Gasteiger partial charge in [0.2, 0.25) is 5.91 Å². The molecule has 31 heavy (non-hydrogen) atoms. The molecule has 2 aromatic heterocycles. The fourth-order valence-electron chi connectivity index (χ4n) is 3.35. The van der Waals surface area contributed by atoms with E-state index in [0.717, 1.165) is 22.3 Å². The Labute approximate surface area is 179 Å². The number of amides is 2. The van der Waals surface area contributed by atoms with Gasteiger partial charge < -0.3 is 19.7 Å². The molecule has 1 atom stereocenters. The highest BCUT2D eigenvalue weighted by Crippen LogP contribution is 2.26. The van der Waals surface area contributed by atoms with Gasteiger partial charge in [-0.15, -0.1) is 0 Å². The van der Waals surface area contributed by atoms with Crippen LogP contribution >= 0.6 is 0 Å². The molecule has 0 saturated carbocycles. The number of nitrogens with one attached hydrogen (secondary N) is 1. The van der Waals surface area contributed by atoms with Crippen molar-refractivity contribution in [2.24, 2.45) is 0 Å². The minimum Gasteiger partial charge on any atom is -0.459 e. The number of benzene rings is 1. The predicted octanol–water partition coefficient (Wildman–Crippen LogP) is 3.52. The third kappa shape index (κ3) is 4.13. The third-order valence-electron chi connectivity index (χ3n) is 5.34. The summed E-state index contributed by atoms with van der Waals surface area (Å²) in [7, 11) is 1.72. The van der Waals surface area contributed by atoms with Gasteiger partial charge in [-0.2, -0.15) is 0 Å². The van der Waals surface area contributed by atoms with E-state index in [9.17, 15) is 14.7 Å². The van der Waals surface area contributed by atoms with Crippen LogP contribution in [-0.2, 0) is 16.1 Å². The molecule has 3 aromatic rings. The van der Waals surface area contributed by atoms with Gasteiger partial charge in [0.25, 0.3) is 5.91 Å². The van der Waals surface area contributed by atoms with Crippen LogP contribution in [0.15, 0.2) is 53.1 Å². The third-order valence-corrected chi connectivity index (χ3v) is 5.34. The summed E-state index contributed by atoms with van der Waals surface area (Å²) in [5.41, 5.74) is 1.57. The van der Waals surface area contributed by atoms with Crippen LogP contribution < -0.4 is 5.32 Å². The number of aromatic nitrogens is 1. The summed E-state index contributed by atoms with van der Waals surface area (Å²) in [6.07, 6.45) is 7.74. The van der Waals surface area contributed by atoms with Crippen LogP contribution in [0.2, 0.25) is 0 Å². The summed E-state index contributed by atoms with van der Waals surface area (Å²) in [4.78, 5) is 30.4. The van der Waals surface area contributed by atoms with Crippen molar-refractivity contribution in [3.63, 3.8) is 0 Å². The van der Waals surface area contributed by atoms with Gasteiger partial charge in [0, 0.05) is 35.8 Å². The first kappa shape index (κ1) is 20.6. The summed E-state index contributed by atoms with van der Waals surface area (Å²) in [6, 6.07) is 9.58. The quantitative estimate of drug-likeness (QED) is 0.633. The van der Waals surface area contributed by atoms with Crippen LogP contribution in [0.25, 0.3) is 23.1 Å². The number of anilines is 1. The summed E-state index contributed by atoms with van der Waals surface area (Å²) >= 11 is 0. The highest BCUT2D eigenvalue weighted by atomic mass is 16.3. The van der Waals surface area contributed by atoms with Crippen LogP contribution in [0.3, 0.4) is 0 Å². The zero-order valence-electron chi connectivity index (χ0n) is 17.5. The lowest BCUT2D eigenvalue weighted by Crippen LogP contribution is -2.37. The van der Waals surface area contributed by atoms with Gasteiger partial charge in [-0.3, -0.25) is 9.59 Å². The number of carbonyl (C=O) groups excluding carboxylic acids is 2. The van der Waals surface area contributed by atoms with Gasteiger partial charge in [-0.25, -0.2) is 4.98 Å². The fraction of sp³-hybridized carbons (Fsp3) is 0.208. The van der Waals surface area contributed by atoms with Crippen LogP contribution in [-0.4, -0.2) is 39.5 Å². The standard InChI is InChI=1S/C24H23N3O4/c1-15-18-6-4-5-7-19(18)31-20(15)14-27(3)21(28)9-8-16-12-17-10-11-24(2,30)23(29)26-22(17)25-13-16/h4-13,30H,14H2,1-3H3,(H,25,26,29). The molecule has 2 N–H and O–H groups in total. The molecule has 0 radical (unpaired) electrons. The minimum absolute atomic E-state index is 0.179. The van der Waals surface area contributed by atoms with Crippen LogP contribution in [0, 0.1) is 6.92 Å². The first-order valence-electron chi connectivity index (χ1n) is 9.88. The van der Waals surface area contributed by atoms with Gasteiger partial charge in [-0.05, 0) is 43.7 Å². The summed E-state index contributed by atoms with van der Waals surface area (Å²) in [5.74, 6) is 0.391. The van der Waals surface area contributed by atoms with E-state index in [1.807, 2.05) is 31.2 Å². The number of nitrogens with zero attached hydrogens (tertiary/aromatic N) is 2. The number of pyridine rings is 1. The Bertz CT molecular complexity index is 1240. The number of hydrogen-bond acceptors (Lipinski definition) is 5. The van der Waals surface area contributed by atoms with Crippen molar-refractivity contribution in [2.75, 3.05) is 12.4 Å². The average molecular weight is 417 g/mol. The van der Waals surface area contributed by atoms with E-state index in [1.54, 1.807) is 36.4 Å². The van der Waals surface area contributed by atoms with E-state index in [0.29, 0.717) is 23.5 Å². The van der Waals surface area contributed by atoms with Crippen molar-refractivity contribution in [2.45, 2.75) is 26.0 Å². The Morgan fingerprint density at radius 3 is 2.90 bits per heavy atom. The molecule has 0 fully saturated rings. The van der Waals surface area contributed by atoms with E-state index in [2.05, 4.69) is 10.3 Å². The molecular weight excluding hydrogens is 394 g/mol. The minimum atomic E-state index is -1.61. The Hall–Kier alpha value is -3.71. The smallest absolute Gasteiger partial charge is 0.261 e. The SMILES string of the molecule is Cc1c(CN(C)C(=O)C=Cc2cnc3c(c2)C=CC(C)(O)C(=O)N3)oc2ccccc12. The number of furan rings is 1. The first-order valence-corrected chi connectivity index (χ1v) is 9.88. The van der Waals surface area contributed by atoms with Gasteiger partial charge in [0.15, 0.2) is 5.60 Å². The van der Waals surface area contributed by atoms with E-state index in [-0.39, 0.29) is 5.91 Å². The van der Waals surface area contributed by atoms with Crippen molar-refractivity contribution in [1.82, 2.24) is 9.88 Å². The van der Waals surface area contributed by atoms with E-state index in [1.165, 1.54) is 19.1 Å². The summed E-state index contributed by atoms with van der Waals surface area (Å²) < 4.78 is 5.89. The largest absolute Gasteiger partial charge is 0.459 e. The normalized spacial score (nSPS) is 18.1. The zero-order chi connectivity index (χ0) is 22.2. The average Bonchev–Trinajstić information content (AvgIpc) is 3.00. The zero-order valence-corrected chi connectivity index (χ0v) is 17.5. The lowest BCUT2D eigenvalue weighted by Gasteiger charge is -2.15. The van der Waals surface area contributed by atoms with Gasteiger partial charge in [0.1, 0.15) is 17.2 Å². The Morgan fingerprint density at radius 1 is 1.35 bits per heavy atom. The molecule has 1 unspecified atom stereocenters. The maximum absolute atomic E-state index is 12.6. The molecule has 1 aliphatic heterocycles. The molecule has 0 spiro atoms. The molecule has 1 aliphatic rings. The molecule has 0 bridgehead atoms. The number of hydrogen-bond donors (Lipinski definition) is 2. The molecule has 0 saturated heterocycles. The number of para-hydroxylation sites is 1. The molecule has 4 rings (SSSR count). The van der Waals surface area contributed by atoms with E-state index < -0.39 is 11.5 Å². The highest BCUT2D eigenvalue weighted by molar-refractivity contribution is 6.01. The molecule has 7 nitrogen and oxygen atoms in total. The molecule has 158 valence electrons. The van der Waals surface area contributed by atoms with Crippen molar-refractivity contribution in [3.05, 3.63) is 71.1 Å². The Morgan fingerprint density at radius 2 is 2.13 bits per heavy atom.